The topological polar surface area (TPSA) is 86.7 Å². The molecule has 0 aliphatic carbocycles. The Morgan fingerprint density at radius 1 is 1.30 bits per heavy atom. The molecule has 0 spiro atoms. The number of benzene rings is 2. The van der Waals surface area contributed by atoms with Crippen molar-refractivity contribution in [1.29, 1.82) is 0 Å². The van der Waals surface area contributed by atoms with Crippen molar-refractivity contribution < 1.29 is 14.6 Å². The fourth-order valence-corrected chi connectivity index (χ4v) is 3.57. The molecule has 2 heterocycles. The van der Waals surface area contributed by atoms with Crippen LogP contribution in [0.15, 0.2) is 30.3 Å². The minimum atomic E-state index is -0.354. The second-order valence-electron chi connectivity index (χ2n) is 7.03. The maximum absolute atomic E-state index is 11.5. The van der Waals surface area contributed by atoms with Crippen LogP contribution in [0.25, 0.3) is 22.2 Å². The van der Waals surface area contributed by atoms with Crippen LogP contribution in [0.3, 0.4) is 0 Å². The Hall–Kier alpha value is -3.13. The second-order valence-corrected chi connectivity index (χ2v) is 7.03. The standard InChI is InChI=1S/C19H21N5O3/c1-22(2)9-4-10-23-15-7-8-16(24(25)26)19-17(15)18(21-23)13-11-12(27-3)5-6-14(13)20-19/h5-8,11,20H,4,9-10H2,1-3H3/p+1. The molecule has 0 saturated heterocycles. The molecule has 140 valence electrons. The maximum atomic E-state index is 11.5. The van der Waals surface area contributed by atoms with Crippen LogP contribution in [0, 0.1) is 10.1 Å². The molecule has 2 N–H and O–H groups in total. The molecule has 0 bridgehead atoms. The average molecular weight is 368 g/mol. The van der Waals surface area contributed by atoms with Gasteiger partial charge in [-0.05, 0) is 24.3 Å². The number of quaternary nitrogens is 1. The first-order valence-corrected chi connectivity index (χ1v) is 8.92. The molecule has 1 aliphatic rings. The van der Waals surface area contributed by atoms with E-state index in [4.69, 9.17) is 9.84 Å². The van der Waals surface area contributed by atoms with Crippen LogP contribution in [0.1, 0.15) is 6.42 Å². The fraction of sp³-hybridized carbons (Fsp3) is 0.316. The predicted molar refractivity (Wildman–Crippen MR) is 104 cm³/mol. The second kappa shape index (κ2) is 6.55. The fourth-order valence-electron chi connectivity index (χ4n) is 3.57. The van der Waals surface area contributed by atoms with Crippen LogP contribution in [0.2, 0.25) is 0 Å². The summed E-state index contributed by atoms with van der Waals surface area (Å²) in [6, 6.07) is 8.97. The van der Waals surface area contributed by atoms with E-state index in [1.165, 1.54) is 4.90 Å². The molecule has 3 aromatic rings. The number of methoxy groups -OCH3 is 1. The third-order valence-electron chi connectivity index (χ3n) is 4.88. The molecule has 0 atom stereocenters. The number of rotatable bonds is 6. The largest absolute Gasteiger partial charge is 0.497 e. The van der Waals surface area contributed by atoms with E-state index >= 15 is 0 Å². The van der Waals surface area contributed by atoms with Gasteiger partial charge in [0.05, 0.1) is 43.6 Å². The minimum absolute atomic E-state index is 0.0579. The Balaban J connectivity index is 1.91. The van der Waals surface area contributed by atoms with Gasteiger partial charge in [0.1, 0.15) is 17.1 Å². The number of hydrogen-bond acceptors (Lipinski definition) is 5. The summed E-state index contributed by atoms with van der Waals surface area (Å²) in [4.78, 5) is 12.6. The van der Waals surface area contributed by atoms with Crippen molar-refractivity contribution in [2.75, 3.05) is 33.1 Å². The van der Waals surface area contributed by atoms with Gasteiger partial charge >= 0.3 is 0 Å². The number of nitrogens with zero attached hydrogens (tertiary/aromatic N) is 3. The number of hydrogen-bond donors (Lipinski definition) is 2. The SMILES string of the molecule is COc1ccc2c(c1)-c1nn(CCC[NH+](C)C)c3ccc([N+](=O)[O-])c(c13)N2. The minimum Gasteiger partial charge on any atom is -0.497 e. The molecule has 1 aliphatic heterocycles. The Labute approximate surface area is 156 Å². The van der Waals surface area contributed by atoms with E-state index in [0.29, 0.717) is 5.69 Å². The van der Waals surface area contributed by atoms with Crippen LogP contribution in [-0.4, -0.2) is 42.5 Å². The first-order valence-electron chi connectivity index (χ1n) is 8.92. The van der Waals surface area contributed by atoms with Gasteiger partial charge in [0.25, 0.3) is 5.69 Å². The van der Waals surface area contributed by atoms with Crippen LogP contribution >= 0.6 is 0 Å². The highest BCUT2D eigenvalue weighted by Gasteiger charge is 2.29. The van der Waals surface area contributed by atoms with Crippen molar-refractivity contribution in [2.45, 2.75) is 13.0 Å². The summed E-state index contributed by atoms with van der Waals surface area (Å²) < 4.78 is 7.31. The van der Waals surface area contributed by atoms with E-state index < -0.39 is 0 Å². The number of ether oxygens (including phenoxy) is 1. The summed E-state index contributed by atoms with van der Waals surface area (Å²) in [5.74, 6) is 0.725. The van der Waals surface area contributed by atoms with Gasteiger partial charge in [0.15, 0.2) is 0 Å². The number of aromatic nitrogens is 2. The molecule has 0 radical (unpaired) electrons. The summed E-state index contributed by atoms with van der Waals surface area (Å²) in [5.41, 5.74) is 3.91. The van der Waals surface area contributed by atoms with Crippen LogP contribution in [-0.2, 0) is 6.54 Å². The Morgan fingerprint density at radius 2 is 2.11 bits per heavy atom. The molecule has 27 heavy (non-hydrogen) atoms. The van der Waals surface area contributed by atoms with Gasteiger partial charge in [-0.15, -0.1) is 0 Å². The van der Waals surface area contributed by atoms with Gasteiger partial charge in [0.2, 0.25) is 0 Å². The van der Waals surface area contributed by atoms with Crippen molar-refractivity contribution in [1.82, 2.24) is 9.78 Å². The molecule has 0 fully saturated rings. The summed E-state index contributed by atoms with van der Waals surface area (Å²) in [7, 11) is 5.86. The quantitative estimate of drug-likeness (QED) is 0.403. The predicted octanol–water partition coefficient (Wildman–Crippen LogP) is 2.21. The molecular formula is C19H22N5O3+. The van der Waals surface area contributed by atoms with Gasteiger partial charge in [-0.3, -0.25) is 14.8 Å². The summed E-state index contributed by atoms with van der Waals surface area (Å²) in [6.45, 7) is 1.79. The number of nitro groups is 1. The average Bonchev–Trinajstić information content (AvgIpc) is 3.01. The first kappa shape index (κ1) is 17.3. The number of nitrogens with one attached hydrogen (secondary N) is 2. The van der Waals surface area contributed by atoms with Crippen LogP contribution < -0.4 is 15.0 Å². The summed E-state index contributed by atoms with van der Waals surface area (Å²) in [5, 5.41) is 20.4. The van der Waals surface area contributed by atoms with Gasteiger partial charge in [-0.1, -0.05) is 0 Å². The molecule has 1 aromatic heterocycles. The van der Waals surface area contributed by atoms with E-state index in [-0.39, 0.29) is 10.6 Å². The smallest absolute Gasteiger partial charge is 0.293 e. The van der Waals surface area contributed by atoms with Gasteiger partial charge in [-0.25, -0.2) is 0 Å². The monoisotopic (exact) mass is 368 g/mol. The van der Waals surface area contributed by atoms with Crippen molar-refractivity contribution >= 4 is 28.0 Å². The van der Waals surface area contributed by atoms with Crippen LogP contribution in [0.5, 0.6) is 5.75 Å². The molecule has 0 unspecified atom stereocenters. The third kappa shape index (κ3) is 2.87. The summed E-state index contributed by atoms with van der Waals surface area (Å²) in [6.07, 6.45) is 0.975. The Kier molecular flexibility index (Phi) is 4.19. The number of anilines is 2. The molecule has 0 amide bonds. The lowest BCUT2D eigenvalue weighted by molar-refractivity contribution is -0.858. The molecule has 8 heteroatoms. The van der Waals surface area contributed by atoms with E-state index in [1.54, 1.807) is 19.2 Å². The van der Waals surface area contributed by atoms with Crippen molar-refractivity contribution in [3.8, 4) is 17.0 Å². The molecule has 0 saturated carbocycles. The Morgan fingerprint density at radius 3 is 2.81 bits per heavy atom. The highest BCUT2D eigenvalue weighted by Crippen LogP contribution is 2.47. The lowest BCUT2D eigenvalue weighted by Gasteiger charge is -2.18. The van der Waals surface area contributed by atoms with Crippen LogP contribution in [0.4, 0.5) is 17.1 Å². The van der Waals surface area contributed by atoms with E-state index in [1.807, 2.05) is 22.9 Å². The molecule has 4 rings (SSSR count). The van der Waals surface area contributed by atoms with Crippen molar-refractivity contribution in [2.24, 2.45) is 0 Å². The highest BCUT2D eigenvalue weighted by molar-refractivity contribution is 6.12. The van der Waals surface area contributed by atoms with E-state index in [0.717, 1.165) is 53.1 Å². The maximum Gasteiger partial charge on any atom is 0.293 e. The third-order valence-corrected chi connectivity index (χ3v) is 4.88. The number of aryl methyl sites for hydroxylation is 1. The number of nitro benzene ring substituents is 1. The highest BCUT2D eigenvalue weighted by atomic mass is 16.6. The molecular weight excluding hydrogens is 346 g/mol. The number of fused-ring (bicyclic) bond motifs is 2. The van der Waals surface area contributed by atoms with Crippen molar-refractivity contribution in [3.05, 3.63) is 40.4 Å². The van der Waals surface area contributed by atoms with E-state index in [2.05, 4.69) is 19.4 Å². The van der Waals surface area contributed by atoms with E-state index in [9.17, 15) is 10.1 Å². The molecule has 8 nitrogen and oxygen atoms in total. The summed E-state index contributed by atoms with van der Waals surface area (Å²) >= 11 is 0. The Bertz CT molecular complexity index is 1040. The van der Waals surface area contributed by atoms with Gasteiger partial charge in [-0.2, -0.15) is 5.10 Å². The lowest BCUT2D eigenvalue weighted by Crippen LogP contribution is -3.05. The van der Waals surface area contributed by atoms with Crippen molar-refractivity contribution in [3.63, 3.8) is 0 Å². The van der Waals surface area contributed by atoms with Gasteiger partial charge in [0, 0.05) is 30.3 Å². The zero-order valence-electron chi connectivity index (χ0n) is 15.6. The normalized spacial score (nSPS) is 12.1. The van der Waals surface area contributed by atoms with Gasteiger partial charge < -0.3 is 15.0 Å². The zero-order valence-corrected chi connectivity index (χ0v) is 15.6. The lowest BCUT2D eigenvalue weighted by atomic mass is 9.99. The first-order chi connectivity index (χ1) is 13.0. The zero-order chi connectivity index (χ0) is 19.1. The molecule has 2 aromatic carbocycles.